The predicted molar refractivity (Wildman–Crippen MR) is 111 cm³/mol. The van der Waals surface area contributed by atoms with Crippen molar-refractivity contribution in [3.05, 3.63) is 71.6 Å². The van der Waals surface area contributed by atoms with E-state index in [1.54, 1.807) is 19.9 Å². The Bertz CT molecular complexity index is 984. The molecule has 27 heavy (non-hydrogen) atoms. The van der Waals surface area contributed by atoms with E-state index in [0.29, 0.717) is 5.69 Å². The zero-order valence-electron chi connectivity index (χ0n) is 15.6. The molecule has 3 rings (SSSR count). The molecule has 4 nitrogen and oxygen atoms in total. The van der Waals surface area contributed by atoms with Gasteiger partial charge in [-0.25, -0.2) is 18.0 Å². The Morgan fingerprint density at radius 2 is 1.78 bits per heavy atom. The minimum Gasteiger partial charge on any atom is -0.238 e. The minimum atomic E-state index is -3.32. The van der Waals surface area contributed by atoms with E-state index in [9.17, 15) is 8.42 Å². The molecule has 1 unspecified atom stereocenters. The summed E-state index contributed by atoms with van der Waals surface area (Å²) in [6, 6.07) is 15.5. The molecule has 1 aliphatic carbocycles. The molecule has 0 amide bonds. The fourth-order valence-corrected chi connectivity index (χ4v) is 4.18. The number of rotatable bonds is 5. The first-order valence-electron chi connectivity index (χ1n) is 9.20. The van der Waals surface area contributed by atoms with Crippen LogP contribution in [0.2, 0.25) is 0 Å². The van der Waals surface area contributed by atoms with Gasteiger partial charge in [0.25, 0.3) is 0 Å². The highest BCUT2D eigenvalue weighted by Gasteiger charge is 2.26. The summed E-state index contributed by atoms with van der Waals surface area (Å²) < 4.78 is 27.5. The summed E-state index contributed by atoms with van der Waals surface area (Å²) in [5, 5.41) is -0.447. The van der Waals surface area contributed by atoms with Crippen LogP contribution in [0.4, 0.5) is 5.69 Å². The lowest BCUT2D eigenvalue weighted by Gasteiger charge is -2.26. The second-order valence-corrected chi connectivity index (χ2v) is 9.36. The third kappa shape index (κ3) is 4.47. The van der Waals surface area contributed by atoms with E-state index in [1.165, 1.54) is 0 Å². The number of allylic oxidation sites excluding steroid dienone is 1. The van der Waals surface area contributed by atoms with E-state index < -0.39 is 15.3 Å². The molecule has 0 radical (unpaired) electrons. The number of nitrogens with one attached hydrogen (secondary N) is 1. The number of hydrogen-bond acceptors (Lipinski definition) is 2. The van der Waals surface area contributed by atoms with Gasteiger partial charge in [-0.1, -0.05) is 48.5 Å². The first-order chi connectivity index (χ1) is 12.9. The van der Waals surface area contributed by atoms with Gasteiger partial charge in [0.05, 0.1) is 11.8 Å². The summed E-state index contributed by atoms with van der Waals surface area (Å²) in [5.74, 6) is 0. The molecule has 0 heterocycles. The average molecular weight is 381 g/mol. The predicted octanol–water partition coefficient (Wildman–Crippen LogP) is 5.17. The summed E-state index contributed by atoms with van der Waals surface area (Å²) in [6.07, 6.45) is 4.90. The molecule has 0 saturated heterocycles. The number of benzene rings is 2. The lowest BCUT2D eigenvalue weighted by molar-refractivity contribution is 0.547. The topological polar surface area (TPSA) is 50.5 Å². The standard InChI is InChI=1S/C22H24N2O2S/c1-16(2)27(25,26)24-22-10-5-4-9-21(22)18-13-11-17(12-14-18)19-7-6-8-20(15-19)23-3/h6-9,11-16,22,24H,4-5,10H2,1-2H3. The Hall–Kier alpha value is -2.42. The maximum atomic E-state index is 12.3. The quantitative estimate of drug-likeness (QED) is 0.728. The Balaban J connectivity index is 1.86. The highest BCUT2D eigenvalue weighted by Crippen LogP contribution is 2.31. The van der Waals surface area contributed by atoms with Crippen LogP contribution in [0.25, 0.3) is 21.5 Å². The van der Waals surface area contributed by atoms with E-state index in [2.05, 4.69) is 15.6 Å². The van der Waals surface area contributed by atoms with Crippen LogP contribution in [0.3, 0.4) is 0 Å². The maximum Gasteiger partial charge on any atom is 0.214 e. The van der Waals surface area contributed by atoms with Crippen LogP contribution in [-0.4, -0.2) is 19.7 Å². The molecule has 0 aliphatic heterocycles. The van der Waals surface area contributed by atoms with Gasteiger partial charge >= 0.3 is 0 Å². The number of nitrogens with zero attached hydrogens (tertiary/aromatic N) is 1. The van der Waals surface area contributed by atoms with Crippen molar-refractivity contribution in [3.63, 3.8) is 0 Å². The van der Waals surface area contributed by atoms with E-state index >= 15 is 0 Å². The van der Waals surface area contributed by atoms with Gasteiger partial charge in [0.1, 0.15) is 0 Å². The van der Waals surface area contributed by atoms with Crippen molar-refractivity contribution >= 4 is 21.3 Å². The second kappa shape index (κ2) is 8.08. The smallest absolute Gasteiger partial charge is 0.214 e. The fraction of sp³-hybridized carbons (Fsp3) is 0.318. The van der Waals surface area contributed by atoms with E-state index in [1.807, 2.05) is 42.5 Å². The lowest BCUT2D eigenvalue weighted by atomic mass is 9.89. The van der Waals surface area contributed by atoms with Crippen LogP contribution in [0.1, 0.15) is 38.7 Å². The van der Waals surface area contributed by atoms with Gasteiger partial charge < -0.3 is 0 Å². The molecule has 0 fully saturated rings. The number of hydrogen-bond donors (Lipinski definition) is 1. The van der Waals surface area contributed by atoms with E-state index in [0.717, 1.165) is 41.5 Å². The molecule has 0 bridgehead atoms. The number of sulfonamides is 1. The first-order valence-corrected chi connectivity index (χ1v) is 10.7. The van der Waals surface area contributed by atoms with Crippen LogP contribution >= 0.6 is 0 Å². The van der Waals surface area contributed by atoms with Crippen LogP contribution in [-0.2, 0) is 10.0 Å². The van der Waals surface area contributed by atoms with Crippen LogP contribution < -0.4 is 4.72 Å². The molecule has 1 N–H and O–H groups in total. The van der Waals surface area contributed by atoms with Gasteiger partial charge in [-0.15, -0.1) is 0 Å². The van der Waals surface area contributed by atoms with Crippen LogP contribution in [0.15, 0.2) is 54.6 Å². The normalized spacial score (nSPS) is 17.4. The zero-order chi connectivity index (χ0) is 19.4. The van der Waals surface area contributed by atoms with Crippen molar-refractivity contribution in [2.45, 2.75) is 44.4 Å². The molecule has 1 aliphatic rings. The second-order valence-electron chi connectivity index (χ2n) is 7.09. The largest absolute Gasteiger partial charge is 0.238 e. The Morgan fingerprint density at radius 3 is 2.44 bits per heavy atom. The molecule has 1 atom stereocenters. The van der Waals surface area contributed by atoms with Crippen LogP contribution in [0, 0.1) is 6.57 Å². The van der Waals surface area contributed by atoms with Gasteiger partial charge in [-0.2, -0.15) is 0 Å². The summed E-state index contributed by atoms with van der Waals surface area (Å²) >= 11 is 0. The molecule has 2 aromatic carbocycles. The molecular formula is C22H24N2O2S. The lowest BCUT2D eigenvalue weighted by Crippen LogP contribution is -2.40. The van der Waals surface area contributed by atoms with Crippen molar-refractivity contribution in [3.8, 4) is 11.1 Å². The van der Waals surface area contributed by atoms with Gasteiger partial charge in [0.2, 0.25) is 10.0 Å². The molecule has 0 aromatic heterocycles. The minimum absolute atomic E-state index is 0.178. The van der Waals surface area contributed by atoms with Crippen LogP contribution in [0.5, 0.6) is 0 Å². The third-order valence-electron chi connectivity index (χ3n) is 4.89. The fourth-order valence-electron chi connectivity index (χ4n) is 3.26. The van der Waals surface area contributed by atoms with E-state index in [-0.39, 0.29) is 6.04 Å². The third-order valence-corrected chi connectivity index (χ3v) is 6.74. The van der Waals surface area contributed by atoms with Crippen molar-refractivity contribution in [1.82, 2.24) is 4.72 Å². The maximum absolute atomic E-state index is 12.3. The van der Waals surface area contributed by atoms with Crippen molar-refractivity contribution < 1.29 is 8.42 Å². The summed E-state index contributed by atoms with van der Waals surface area (Å²) in [5.41, 5.74) is 4.75. The Morgan fingerprint density at radius 1 is 1.07 bits per heavy atom. The first kappa shape index (κ1) is 19.3. The van der Waals surface area contributed by atoms with Gasteiger partial charge in [0, 0.05) is 6.04 Å². The Labute approximate surface area is 161 Å². The molecule has 5 heteroatoms. The zero-order valence-corrected chi connectivity index (χ0v) is 16.5. The molecule has 140 valence electrons. The van der Waals surface area contributed by atoms with Gasteiger partial charge in [-0.3, -0.25) is 0 Å². The van der Waals surface area contributed by atoms with Crippen molar-refractivity contribution in [2.24, 2.45) is 0 Å². The summed E-state index contributed by atoms with van der Waals surface area (Å²) in [4.78, 5) is 3.48. The van der Waals surface area contributed by atoms with Gasteiger partial charge in [-0.05, 0) is 61.4 Å². The van der Waals surface area contributed by atoms with Crippen molar-refractivity contribution in [2.75, 3.05) is 0 Å². The molecular weight excluding hydrogens is 356 g/mol. The summed E-state index contributed by atoms with van der Waals surface area (Å²) in [7, 11) is -3.32. The highest BCUT2D eigenvalue weighted by molar-refractivity contribution is 7.90. The van der Waals surface area contributed by atoms with E-state index in [4.69, 9.17) is 6.57 Å². The molecule has 2 aromatic rings. The Kier molecular flexibility index (Phi) is 5.79. The average Bonchev–Trinajstić information content (AvgIpc) is 2.68. The summed E-state index contributed by atoms with van der Waals surface area (Å²) in [6.45, 7) is 10.5. The SMILES string of the molecule is [C-]#[N+]c1cccc(-c2ccc(C3=CCCCC3NS(=O)(=O)C(C)C)cc2)c1. The highest BCUT2D eigenvalue weighted by atomic mass is 32.2. The molecule has 0 saturated carbocycles. The molecule has 0 spiro atoms. The van der Waals surface area contributed by atoms with Gasteiger partial charge in [0.15, 0.2) is 5.69 Å². The monoisotopic (exact) mass is 380 g/mol. The van der Waals surface area contributed by atoms with Crippen molar-refractivity contribution in [1.29, 1.82) is 0 Å².